The molecular formula is C12H17N3O2. The lowest BCUT2D eigenvalue weighted by Gasteiger charge is -2.26. The van der Waals surface area contributed by atoms with Crippen molar-refractivity contribution < 1.29 is 9.90 Å². The van der Waals surface area contributed by atoms with Crippen LogP contribution in [-0.2, 0) is 0 Å². The molecule has 0 aliphatic carbocycles. The van der Waals surface area contributed by atoms with Gasteiger partial charge in [-0.3, -0.25) is 0 Å². The number of aromatic carboxylic acids is 1. The molecule has 1 aromatic rings. The average molecular weight is 235 g/mol. The van der Waals surface area contributed by atoms with Crippen LogP contribution in [0.5, 0.6) is 0 Å². The fraction of sp³-hybridized carbons (Fsp3) is 0.583. The van der Waals surface area contributed by atoms with Crippen LogP contribution in [0.15, 0.2) is 12.3 Å². The second-order valence-corrected chi connectivity index (χ2v) is 4.44. The maximum atomic E-state index is 10.9. The first-order chi connectivity index (χ1) is 8.18. The second-order valence-electron chi connectivity index (χ2n) is 4.44. The first kappa shape index (κ1) is 11.8. The van der Waals surface area contributed by atoms with E-state index in [4.69, 9.17) is 5.11 Å². The summed E-state index contributed by atoms with van der Waals surface area (Å²) >= 11 is 0. The van der Waals surface area contributed by atoms with Crippen LogP contribution in [0.1, 0.15) is 43.1 Å². The van der Waals surface area contributed by atoms with Gasteiger partial charge in [0.1, 0.15) is 0 Å². The summed E-state index contributed by atoms with van der Waals surface area (Å²) in [5.74, 6) is -0.463. The van der Waals surface area contributed by atoms with Gasteiger partial charge in [0.15, 0.2) is 5.69 Å². The first-order valence-electron chi connectivity index (χ1n) is 6.01. The molecule has 1 aliphatic rings. The fourth-order valence-corrected chi connectivity index (χ4v) is 2.18. The molecule has 5 nitrogen and oxygen atoms in total. The number of rotatable bonds is 2. The van der Waals surface area contributed by atoms with E-state index < -0.39 is 5.97 Å². The van der Waals surface area contributed by atoms with Crippen molar-refractivity contribution in [1.29, 1.82) is 0 Å². The minimum Gasteiger partial charge on any atom is -0.477 e. The number of hydrogen-bond donors (Lipinski definition) is 1. The normalized spacial score (nSPS) is 21.0. The summed E-state index contributed by atoms with van der Waals surface area (Å²) in [4.78, 5) is 21.3. The highest BCUT2D eigenvalue weighted by molar-refractivity contribution is 5.85. The van der Waals surface area contributed by atoms with E-state index in [1.165, 1.54) is 25.1 Å². The largest absolute Gasteiger partial charge is 0.477 e. The van der Waals surface area contributed by atoms with Crippen LogP contribution < -0.4 is 4.90 Å². The summed E-state index contributed by atoms with van der Waals surface area (Å²) in [6.07, 6.45) is 6.19. The Bertz CT molecular complexity index is 408. The lowest BCUT2D eigenvalue weighted by Crippen LogP contribution is -2.34. The Labute approximate surface area is 100 Å². The monoisotopic (exact) mass is 235 g/mol. The number of carbonyl (C=O) groups is 1. The Hall–Kier alpha value is -1.65. The van der Waals surface area contributed by atoms with Gasteiger partial charge >= 0.3 is 5.97 Å². The molecule has 17 heavy (non-hydrogen) atoms. The van der Waals surface area contributed by atoms with Crippen LogP contribution in [0.2, 0.25) is 0 Å². The van der Waals surface area contributed by atoms with Crippen LogP contribution in [0, 0.1) is 0 Å². The Kier molecular flexibility index (Phi) is 3.56. The molecule has 0 spiro atoms. The molecular weight excluding hydrogens is 218 g/mol. The second kappa shape index (κ2) is 5.12. The highest BCUT2D eigenvalue weighted by Gasteiger charge is 2.20. The summed E-state index contributed by atoms with van der Waals surface area (Å²) < 4.78 is 0. The summed E-state index contributed by atoms with van der Waals surface area (Å²) in [5, 5.41) is 8.92. The van der Waals surface area contributed by atoms with Crippen molar-refractivity contribution in [2.24, 2.45) is 0 Å². The van der Waals surface area contributed by atoms with Crippen molar-refractivity contribution in [2.45, 2.75) is 38.6 Å². The van der Waals surface area contributed by atoms with Gasteiger partial charge in [0, 0.05) is 18.8 Å². The van der Waals surface area contributed by atoms with Crippen molar-refractivity contribution in [2.75, 3.05) is 11.4 Å². The third kappa shape index (κ3) is 2.72. The third-order valence-corrected chi connectivity index (χ3v) is 3.17. The smallest absolute Gasteiger partial charge is 0.354 e. The number of carboxylic acid groups (broad SMARTS) is 1. The molecule has 2 heterocycles. The van der Waals surface area contributed by atoms with Crippen molar-refractivity contribution in [1.82, 2.24) is 9.97 Å². The number of hydrogen-bond acceptors (Lipinski definition) is 4. The topological polar surface area (TPSA) is 66.3 Å². The van der Waals surface area contributed by atoms with E-state index in [1.807, 2.05) is 0 Å². The average Bonchev–Trinajstić information content (AvgIpc) is 2.54. The van der Waals surface area contributed by atoms with E-state index in [0.29, 0.717) is 12.0 Å². The van der Waals surface area contributed by atoms with E-state index in [0.717, 1.165) is 19.4 Å². The molecule has 2 rings (SSSR count). The third-order valence-electron chi connectivity index (χ3n) is 3.17. The molecule has 0 amide bonds. The fourth-order valence-electron chi connectivity index (χ4n) is 2.18. The maximum Gasteiger partial charge on any atom is 0.354 e. The summed E-state index contributed by atoms with van der Waals surface area (Å²) in [6.45, 7) is 3.05. The Morgan fingerprint density at radius 2 is 2.29 bits per heavy atom. The van der Waals surface area contributed by atoms with Gasteiger partial charge in [-0.2, -0.15) is 0 Å². The predicted octanol–water partition coefficient (Wildman–Crippen LogP) is 1.94. The van der Waals surface area contributed by atoms with Gasteiger partial charge in [-0.15, -0.1) is 0 Å². The molecule has 0 bridgehead atoms. The highest BCUT2D eigenvalue weighted by atomic mass is 16.4. The van der Waals surface area contributed by atoms with Crippen molar-refractivity contribution in [3.8, 4) is 0 Å². The SMILES string of the molecule is CC1CCCCCN1c1nccc(C(=O)O)n1. The van der Waals surface area contributed by atoms with Gasteiger partial charge in [-0.25, -0.2) is 14.8 Å². The van der Waals surface area contributed by atoms with Gasteiger partial charge < -0.3 is 10.0 Å². The molecule has 0 aromatic carbocycles. The summed E-state index contributed by atoms with van der Waals surface area (Å²) in [6, 6.07) is 1.80. The van der Waals surface area contributed by atoms with E-state index in [2.05, 4.69) is 21.8 Å². The van der Waals surface area contributed by atoms with Crippen LogP contribution in [0.3, 0.4) is 0 Å². The molecule has 5 heteroatoms. The van der Waals surface area contributed by atoms with Crippen LogP contribution in [0.25, 0.3) is 0 Å². The lowest BCUT2D eigenvalue weighted by molar-refractivity contribution is 0.0690. The molecule has 1 atom stereocenters. The van der Waals surface area contributed by atoms with Crippen molar-refractivity contribution in [3.05, 3.63) is 18.0 Å². The van der Waals surface area contributed by atoms with Crippen molar-refractivity contribution >= 4 is 11.9 Å². The zero-order valence-electron chi connectivity index (χ0n) is 9.96. The van der Waals surface area contributed by atoms with E-state index in [9.17, 15) is 4.79 Å². The maximum absolute atomic E-state index is 10.9. The standard InChI is InChI=1S/C12H17N3O2/c1-9-5-3-2-4-8-15(9)12-13-7-6-10(14-12)11(16)17/h6-7,9H,2-5,8H2,1H3,(H,16,17). The Morgan fingerprint density at radius 3 is 3.06 bits per heavy atom. The zero-order valence-corrected chi connectivity index (χ0v) is 9.96. The highest BCUT2D eigenvalue weighted by Crippen LogP contribution is 2.20. The molecule has 0 radical (unpaired) electrons. The Balaban J connectivity index is 2.25. The van der Waals surface area contributed by atoms with Crippen LogP contribution >= 0.6 is 0 Å². The van der Waals surface area contributed by atoms with E-state index in [1.54, 1.807) is 0 Å². The van der Waals surface area contributed by atoms with E-state index in [-0.39, 0.29) is 5.69 Å². The Morgan fingerprint density at radius 1 is 1.47 bits per heavy atom. The molecule has 1 aliphatic heterocycles. The van der Waals surface area contributed by atoms with Crippen molar-refractivity contribution in [3.63, 3.8) is 0 Å². The number of carboxylic acids is 1. The number of aromatic nitrogens is 2. The van der Waals surface area contributed by atoms with Gasteiger partial charge in [0.2, 0.25) is 5.95 Å². The van der Waals surface area contributed by atoms with Crippen LogP contribution in [0.4, 0.5) is 5.95 Å². The predicted molar refractivity (Wildman–Crippen MR) is 64.3 cm³/mol. The van der Waals surface area contributed by atoms with Gasteiger partial charge in [-0.05, 0) is 25.8 Å². The molecule has 92 valence electrons. The molecule has 1 N–H and O–H groups in total. The molecule has 1 aromatic heterocycles. The number of nitrogens with zero attached hydrogens (tertiary/aromatic N) is 3. The van der Waals surface area contributed by atoms with E-state index >= 15 is 0 Å². The number of anilines is 1. The lowest BCUT2D eigenvalue weighted by atomic mass is 10.1. The summed E-state index contributed by atoms with van der Waals surface area (Å²) in [5.41, 5.74) is 0.0615. The zero-order chi connectivity index (χ0) is 12.3. The summed E-state index contributed by atoms with van der Waals surface area (Å²) in [7, 11) is 0. The first-order valence-corrected chi connectivity index (χ1v) is 6.01. The van der Waals surface area contributed by atoms with Gasteiger partial charge in [0.25, 0.3) is 0 Å². The minimum atomic E-state index is -1.00. The molecule has 1 saturated heterocycles. The van der Waals surface area contributed by atoms with Gasteiger partial charge in [0.05, 0.1) is 0 Å². The molecule has 1 fully saturated rings. The molecule has 1 unspecified atom stereocenters. The minimum absolute atomic E-state index is 0.0615. The molecule has 0 saturated carbocycles. The van der Waals surface area contributed by atoms with Gasteiger partial charge in [-0.1, -0.05) is 12.8 Å². The van der Waals surface area contributed by atoms with Crippen LogP contribution in [-0.4, -0.2) is 33.6 Å². The quantitative estimate of drug-likeness (QED) is 0.848.